The van der Waals surface area contributed by atoms with E-state index in [0.29, 0.717) is 0 Å². The first kappa shape index (κ1) is 7.82. The Balaban J connectivity index is 3.62. The molecule has 0 aliphatic heterocycles. The second kappa shape index (κ2) is 2.40. The van der Waals surface area contributed by atoms with E-state index >= 15 is 0 Å². The molecular formula is C5H11F2N. The van der Waals surface area contributed by atoms with Gasteiger partial charge in [-0.05, 0) is 6.92 Å². The lowest BCUT2D eigenvalue weighted by atomic mass is 10.1. The van der Waals surface area contributed by atoms with Crippen molar-refractivity contribution in [2.75, 3.05) is 6.54 Å². The summed E-state index contributed by atoms with van der Waals surface area (Å²) in [6.07, 6.45) is 0. The van der Waals surface area contributed by atoms with Crippen molar-refractivity contribution < 1.29 is 8.78 Å². The fraction of sp³-hybridized carbons (Fsp3) is 1.00. The molecule has 0 aliphatic rings. The maximum atomic E-state index is 12.0. The molecule has 0 fully saturated rings. The topological polar surface area (TPSA) is 26.0 Å². The van der Waals surface area contributed by atoms with E-state index in [0.717, 1.165) is 6.92 Å². The Kier molecular flexibility index (Phi) is 2.34. The maximum Gasteiger partial charge on any atom is 0.249 e. The van der Waals surface area contributed by atoms with Crippen LogP contribution in [0.25, 0.3) is 0 Å². The van der Waals surface area contributed by atoms with Crippen molar-refractivity contribution in [3.63, 3.8) is 0 Å². The number of alkyl halides is 2. The zero-order chi connectivity index (χ0) is 6.78. The molecule has 0 unspecified atom stereocenters. The van der Waals surface area contributed by atoms with Crippen LogP contribution in [0.5, 0.6) is 0 Å². The van der Waals surface area contributed by atoms with E-state index in [1.807, 2.05) is 0 Å². The van der Waals surface area contributed by atoms with Gasteiger partial charge < -0.3 is 5.73 Å². The highest BCUT2D eigenvalue weighted by atomic mass is 19.3. The van der Waals surface area contributed by atoms with Crippen molar-refractivity contribution in [2.24, 2.45) is 11.7 Å². The summed E-state index contributed by atoms with van der Waals surface area (Å²) >= 11 is 0. The van der Waals surface area contributed by atoms with Crippen molar-refractivity contribution in [3.8, 4) is 0 Å². The van der Waals surface area contributed by atoms with Crippen LogP contribution < -0.4 is 5.73 Å². The molecule has 2 N–H and O–H groups in total. The van der Waals surface area contributed by atoms with Gasteiger partial charge in [-0.2, -0.15) is 0 Å². The van der Waals surface area contributed by atoms with Gasteiger partial charge in [0.2, 0.25) is 5.92 Å². The summed E-state index contributed by atoms with van der Waals surface area (Å²) in [5, 5.41) is 0. The van der Waals surface area contributed by atoms with Crippen LogP contribution in [0, 0.1) is 5.92 Å². The van der Waals surface area contributed by atoms with Gasteiger partial charge in [0.1, 0.15) is 0 Å². The Morgan fingerprint density at radius 3 is 2.00 bits per heavy atom. The Morgan fingerprint density at radius 1 is 1.62 bits per heavy atom. The highest BCUT2D eigenvalue weighted by molar-refractivity contribution is 4.67. The average molecular weight is 123 g/mol. The van der Waals surface area contributed by atoms with Crippen LogP contribution in [0.15, 0.2) is 0 Å². The molecule has 0 saturated carbocycles. The minimum Gasteiger partial charge on any atom is -0.330 e. The third-order valence-electron chi connectivity index (χ3n) is 1.22. The predicted octanol–water partition coefficient (Wildman–Crippen LogP) is 1.24. The fourth-order valence-electron chi connectivity index (χ4n) is 0.207. The Morgan fingerprint density at radius 2 is 2.00 bits per heavy atom. The summed E-state index contributed by atoms with van der Waals surface area (Å²) in [5.74, 6) is -3.32. The molecule has 0 heterocycles. The monoisotopic (exact) mass is 123 g/mol. The van der Waals surface area contributed by atoms with Gasteiger partial charge in [0, 0.05) is 12.5 Å². The van der Waals surface area contributed by atoms with Gasteiger partial charge in [-0.1, -0.05) is 6.92 Å². The third kappa shape index (κ3) is 2.21. The lowest BCUT2D eigenvalue weighted by Gasteiger charge is -2.16. The second-order valence-electron chi connectivity index (χ2n) is 2.09. The van der Waals surface area contributed by atoms with Crippen LogP contribution >= 0.6 is 0 Å². The summed E-state index contributed by atoms with van der Waals surface area (Å²) in [7, 11) is 0. The SMILES string of the molecule is C[C@H](CN)C(C)(F)F. The van der Waals surface area contributed by atoms with Crippen LogP contribution in [0.2, 0.25) is 0 Å². The van der Waals surface area contributed by atoms with Crippen LogP contribution in [-0.2, 0) is 0 Å². The van der Waals surface area contributed by atoms with Crippen LogP contribution in [0.4, 0.5) is 8.78 Å². The molecule has 0 bridgehead atoms. The lowest BCUT2D eigenvalue weighted by molar-refractivity contribution is -0.0286. The quantitative estimate of drug-likeness (QED) is 0.587. The summed E-state index contributed by atoms with van der Waals surface area (Å²) in [5.41, 5.74) is 4.98. The first-order valence-electron chi connectivity index (χ1n) is 2.56. The van der Waals surface area contributed by atoms with E-state index in [-0.39, 0.29) is 6.54 Å². The Bertz CT molecular complexity index is 67.3. The molecule has 0 aromatic rings. The summed E-state index contributed by atoms with van der Waals surface area (Å²) < 4.78 is 24.1. The van der Waals surface area contributed by atoms with Gasteiger partial charge in [-0.15, -0.1) is 0 Å². The summed E-state index contributed by atoms with van der Waals surface area (Å²) in [6.45, 7) is 2.36. The normalized spacial score (nSPS) is 16.1. The van der Waals surface area contributed by atoms with Crippen LogP contribution in [-0.4, -0.2) is 12.5 Å². The number of nitrogens with two attached hydrogens (primary N) is 1. The number of hydrogen-bond donors (Lipinski definition) is 1. The highest BCUT2D eigenvalue weighted by Crippen LogP contribution is 2.21. The van der Waals surface area contributed by atoms with Gasteiger partial charge in [0.25, 0.3) is 0 Å². The summed E-state index contributed by atoms with van der Waals surface area (Å²) in [6, 6.07) is 0. The molecule has 0 rings (SSSR count). The maximum absolute atomic E-state index is 12.0. The molecule has 50 valence electrons. The number of halogens is 2. The Hall–Kier alpha value is -0.180. The van der Waals surface area contributed by atoms with Gasteiger partial charge in [-0.3, -0.25) is 0 Å². The number of rotatable bonds is 2. The molecule has 1 atom stereocenters. The van der Waals surface area contributed by atoms with Crippen molar-refractivity contribution in [1.29, 1.82) is 0 Å². The van der Waals surface area contributed by atoms with E-state index in [2.05, 4.69) is 0 Å². The molecule has 0 aromatic heterocycles. The van der Waals surface area contributed by atoms with Crippen molar-refractivity contribution in [2.45, 2.75) is 19.8 Å². The number of hydrogen-bond acceptors (Lipinski definition) is 1. The molecule has 0 amide bonds. The molecule has 0 saturated heterocycles. The van der Waals surface area contributed by atoms with Gasteiger partial charge in [0.05, 0.1) is 0 Å². The van der Waals surface area contributed by atoms with Crippen LogP contribution in [0.3, 0.4) is 0 Å². The lowest BCUT2D eigenvalue weighted by Crippen LogP contribution is -2.28. The van der Waals surface area contributed by atoms with E-state index < -0.39 is 11.8 Å². The largest absolute Gasteiger partial charge is 0.330 e. The standard InChI is InChI=1S/C5H11F2N/c1-4(3-8)5(2,6)7/h4H,3,8H2,1-2H3/t4-/m1/s1. The molecule has 0 aromatic carbocycles. The zero-order valence-electron chi connectivity index (χ0n) is 5.12. The fourth-order valence-corrected chi connectivity index (χ4v) is 0.207. The molecule has 0 spiro atoms. The van der Waals surface area contributed by atoms with E-state index in [1.54, 1.807) is 0 Å². The molecular weight excluding hydrogens is 112 g/mol. The van der Waals surface area contributed by atoms with E-state index in [4.69, 9.17) is 5.73 Å². The first-order valence-corrected chi connectivity index (χ1v) is 2.56. The van der Waals surface area contributed by atoms with Gasteiger partial charge in [0.15, 0.2) is 0 Å². The average Bonchev–Trinajstić information content (AvgIpc) is 1.62. The summed E-state index contributed by atoms with van der Waals surface area (Å²) in [4.78, 5) is 0. The minimum atomic E-state index is -2.62. The van der Waals surface area contributed by atoms with E-state index in [9.17, 15) is 8.78 Å². The second-order valence-corrected chi connectivity index (χ2v) is 2.09. The highest BCUT2D eigenvalue weighted by Gasteiger charge is 2.28. The minimum absolute atomic E-state index is 0.0451. The van der Waals surface area contributed by atoms with E-state index in [1.165, 1.54) is 6.92 Å². The third-order valence-corrected chi connectivity index (χ3v) is 1.22. The van der Waals surface area contributed by atoms with Crippen molar-refractivity contribution >= 4 is 0 Å². The van der Waals surface area contributed by atoms with Crippen molar-refractivity contribution in [3.05, 3.63) is 0 Å². The van der Waals surface area contributed by atoms with Crippen molar-refractivity contribution in [1.82, 2.24) is 0 Å². The molecule has 0 aliphatic carbocycles. The Labute approximate surface area is 47.9 Å². The van der Waals surface area contributed by atoms with Gasteiger partial charge in [-0.25, -0.2) is 8.78 Å². The smallest absolute Gasteiger partial charge is 0.249 e. The molecule has 8 heavy (non-hydrogen) atoms. The molecule has 1 nitrogen and oxygen atoms in total. The van der Waals surface area contributed by atoms with Gasteiger partial charge >= 0.3 is 0 Å². The zero-order valence-corrected chi connectivity index (χ0v) is 5.12. The predicted molar refractivity (Wildman–Crippen MR) is 28.8 cm³/mol. The first-order chi connectivity index (χ1) is 3.48. The molecule has 3 heteroatoms. The molecule has 0 radical (unpaired) electrons. The van der Waals surface area contributed by atoms with Crippen LogP contribution in [0.1, 0.15) is 13.8 Å².